The minimum Gasteiger partial charge on any atom is -0.456 e. The lowest BCUT2D eigenvalue weighted by Gasteiger charge is -2.23. The van der Waals surface area contributed by atoms with Gasteiger partial charge in [-0.15, -0.1) is 0 Å². The van der Waals surface area contributed by atoms with Crippen LogP contribution < -0.4 is 5.43 Å². The van der Waals surface area contributed by atoms with Gasteiger partial charge in [0.2, 0.25) is 5.43 Å². The monoisotopic (exact) mass is 1010 g/mol. The van der Waals surface area contributed by atoms with Gasteiger partial charge in [-0.2, -0.15) is 0 Å². The maximum atomic E-state index is 14.8. The van der Waals surface area contributed by atoms with Crippen LogP contribution in [0.1, 0.15) is 0 Å². The van der Waals surface area contributed by atoms with E-state index in [0.717, 1.165) is 143 Å². The van der Waals surface area contributed by atoms with Gasteiger partial charge in [-0.1, -0.05) is 146 Å². The van der Waals surface area contributed by atoms with E-state index < -0.39 is 0 Å². The molecule has 12 aromatic carbocycles. The molecule has 0 aliphatic heterocycles. The van der Waals surface area contributed by atoms with Crippen molar-refractivity contribution in [2.24, 2.45) is 0 Å². The Balaban J connectivity index is 1.11. The Bertz CT molecular complexity index is 5590. The zero-order valence-electron chi connectivity index (χ0n) is 42.1. The van der Waals surface area contributed by atoms with Gasteiger partial charge in [0.1, 0.15) is 33.5 Å². The summed E-state index contributed by atoms with van der Waals surface area (Å²) in [7, 11) is 0. The first-order valence-electron chi connectivity index (χ1n) is 26.5. The van der Waals surface area contributed by atoms with E-state index in [-0.39, 0.29) is 5.43 Å². The molecule has 17 aromatic rings. The molecule has 7 heteroatoms. The van der Waals surface area contributed by atoms with Gasteiger partial charge in [-0.3, -0.25) is 9.78 Å². The lowest BCUT2D eigenvalue weighted by Crippen LogP contribution is -2.08. The maximum absolute atomic E-state index is 14.8. The topological polar surface area (TPSA) is 79.2 Å². The number of pyridine rings is 1. The summed E-state index contributed by atoms with van der Waals surface area (Å²) in [6, 6.07) is 84.3. The standard InChI is InChI=1S/C72H41N3O4/c76-70-53-23-9-14-32-67(53)77-68-40-59-55(37-60(68)70)54-35-42(46-24-15-26-51-49-21-7-12-30-65(49)78-71(46)51)33-34-48(54)56-38-63-64(75(45-19-5-2-6-20-45)62-29-11-10-28-61(62)74(63)44-17-3-1-4-18-44)39-57(56)58-36-43(41-73-69(58)59)47-25-16-27-52-50-22-8-13-31-66(50)79-72(47)52/h1-41H. The van der Waals surface area contributed by atoms with Crippen LogP contribution in [0.4, 0.5) is 0 Å². The molecule has 0 amide bonds. The summed E-state index contributed by atoms with van der Waals surface area (Å²) in [5.74, 6) is 0. The Kier molecular flexibility index (Phi) is 9.15. The average Bonchev–Trinajstić information content (AvgIpc) is 4.24. The first-order chi connectivity index (χ1) is 39.1. The van der Waals surface area contributed by atoms with Crippen molar-refractivity contribution in [3.63, 3.8) is 0 Å². The van der Waals surface area contributed by atoms with E-state index in [1.54, 1.807) is 0 Å². The summed E-state index contributed by atoms with van der Waals surface area (Å²) in [4.78, 5) is 20.4. The van der Waals surface area contributed by atoms with Crippen LogP contribution in [-0.2, 0) is 0 Å². The van der Waals surface area contributed by atoms with E-state index in [1.807, 2.05) is 66.9 Å². The molecule has 0 aliphatic carbocycles. The van der Waals surface area contributed by atoms with Crippen LogP contribution in [0.3, 0.4) is 0 Å². The number of fused-ring (bicyclic) bond motifs is 18. The Morgan fingerprint density at radius 3 is 1.38 bits per heavy atom. The molecule has 7 nitrogen and oxygen atoms in total. The van der Waals surface area contributed by atoms with Crippen LogP contribution in [0, 0.1) is 0 Å². The Morgan fingerprint density at radius 1 is 0.291 bits per heavy atom. The molecule has 0 atom stereocenters. The lowest BCUT2D eigenvalue weighted by atomic mass is 9.91. The van der Waals surface area contributed by atoms with E-state index in [1.165, 1.54) is 0 Å². The fraction of sp³-hybridized carbons (Fsp3) is 0. The molecule has 0 N–H and O–H groups in total. The number of para-hydroxylation sites is 9. The van der Waals surface area contributed by atoms with E-state index >= 15 is 0 Å². The molecule has 0 spiro atoms. The molecule has 0 radical (unpaired) electrons. The predicted octanol–water partition coefficient (Wildman–Crippen LogP) is 19.1. The van der Waals surface area contributed by atoms with Gasteiger partial charge in [0.15, 0.2) is 0 Å². The summed E-state index contributed by atoms with van der Waals surface area (Å²) in [5, 5.41) is 11.7. The van der Waals surface area contributed by atoms with Crippen molar-refractivity contribution in [3.8, 4) is 33.6 Å². The highest BCUT2D eigenvalue weighted by Crippen LogP contribution is 2.45. The molecule has 0 bridgehead atoms. The number of rotatable bonds is 4. The maximum Gasteiger partial charge on any atom is 0.200 e. The Hall–Kier alpha value is -10.8. The second-order valence-electron chi connectivity index (χ2n) is 20.5. The van der Waals surface area contributed by atoms with E-state index in [0.29, 0.717) is 21.9 Å². The molecule has 5 aromatic heterocycles. The third kappa shape index (κ3) is 6.41. The number of hydrogen-bond donors (Lipinski definition) is 0. The van der Waals surface area contributed by atoms with Crippen LogP contribution in [0.5, 0.6) is 0 Å². The van der Waals surface area contributed by atoms with Gasteiger partial charge in [0.25, 0.3) is 0 Å². The Morgan fingerprint density at radius 2 is 0.759 bits per heavy atom. The molecule has 17 rings (SSSR count). The van der Waals surface area contributed by atoms with E-state index in [9.17, 15) is 4.79 Å². The minimum absolute atomic E-state index is 0.0958. The first kappa shape index (κ1) is 43.5. The molecule has 0 aliphatic rings. The second-order valence-corrected chi connectivity index (χ2v) is 20.5. The highest BCUT2D eigenvalue weighted by atomic mass is 16.3. The van der Waals surface area contributed by atoms with Gasteiger partial charge in [0, 0.05) is 66.6 Å². The van der Waals surface area contributed by atoms with Crippen molar-refractivity contribution >= 4 is 131 Å². The smallest absolute Gasteiger partial charge is 0.200 e. The number of hydrogen-bond acceptors (Lipinski definition) is 5. The molecule has 0 fully saturated rings. The normalized spacial score (nSPS) is 12.1. The molecule has 0 saturated heterocycles. The number of nitrogens with zero attached hydrogens (tertiary/aromatic N) is 3. The summed E-state index contributed by atoms with van der Waals surface area (Å²) in [6.45, 7) is 0. The summed E-state index contributed by atoms with van der Waals surface area (Å²) in [6.07, 6.45) is 1.97. The molecule has 0 saturated carbocycles. The number of aromatic nitrogens is 3. The van der Waals surface area contributed by atoms with Crippen molar-refractivity contribution in [2.75, 3.05) is 0 Å². The third-order valence-corrected chi connectivity index (χ3v) is 16.2. The third-order valence-electron chi connectivity index (χ3n) is 16.2. The predicted molar refractivity (Wildman–Crippen MR) is 325 cm³/mol. The van der Waals surface area contributed by atoms with Gasteiger partial charge >= 0.3 is 0 Å². The molecule has 368 valence electrons. The number of benzene rings is 11. The molecule has 0 unspecified atom stereocenters. The van der Waals surface area contributed by atoms with Crippen LogP contribution in [0.15, 0.2) is 267 Å². The summed E-state index contributed by atoms with van der Waals surface area (Å²) in [5.41, 5.74) is 14.8. The lowest BCUT2D eigenvalue weighted by molar-refractivity contribution is 0.660. The molecular formula is C72H41N3O4. The highest BCUT2D eigenvalue weighted by molar-refractivity contribution is 6.29. The SMILES string of the molecule is O=c1c2ccccc2oc2cc3c(cc12)c1cc(-c2cccc4c2oc2ccccc24)ccc1c1cc2c(cc1c1cc(-c4cccc5c4oc4ccccc45)cnc13)n(-c1ccccc1)c1ccccc1n2-c1ccccc1. The molecule has 79 heavy (non-hydrogen) atoms. The zero-order chi connectivity index (χ0) is 51.9. The second kappa shape index (κ2) is 16.6. The van der Waals surface area contributed by atoms with E-state index in [2.05, 4.69) is 191 Å². The molecular weight excluding hydrogens is 971 g/mol. The van der Waals surface area contributed by atoms with Crippen molar-refractivity contribution in [3.05, 3.63) is 259 Å². The largest absolute Gasteiger partial charge is 0.456 e. The van der Waals surface area contributed by atoms with Crippen molar-refractivity contribution in [1.29, 1.82) is 0 Å². The van der Waals surface area contributed by atoms with Crippen molar-refractivity contribution < 1.29 is 13.3 Å². The number of furan rings is 2. The summed E-state index contributed by atoms with van der Waals surface area (Å²) >= 11 is 0. The van der Waals surface area contributed by atoms with Crippen LogP contribution in [0.2, 0.25) is 0 Å². The Labute approximate surface area is 448 Å². The zero-order valence-corrected chi connectivity index (χ0v) is 42.1. The van der Waals surface area contributed by atoms with Crippen molar-refractivity contribution in [1.82, 2.24) is 14.1 Å². The highest BCUT2D eigenvalue weighted by Gasteiger charge is 2.22. The van der Waals surface area contributed by atoms with Gasteiger partial charge in [-0.05, 0) is 130 Å². The average molecular weight is 1010 g/mol. The van der Waals surface area contributed by atoms with Gasteiger partial charge in [-0.25, -0.2) is 0 Å². The van der Waals surface area contributed by atoms with Crippen LogP contribution in [0.25, 0.3) is 165 Å². The van der Waals surface area contributed by atoms with Crippen molar-refractivity contribution in [2.45, 2.75) is 0 Å². The quantitative estimate of drug-likeness (QED) is 0.164. The fourth-order valence-corrected chi connectivity index (χ4v) is 12.6. The van der Waals surface area contributed by atoms with E-state index in [4.69, 9.17) is 18.2 Å². The van der Waals surface area contributed by atoms with Crippen LogP contribution in [-0.4, -0.2) is 14.1 Å². The van der Waals surface area contributed by atoms with Crippen LogP contribution >= 0.6 is 0 Å². The fourth-order valence-electron chi connectivity index (χ4n) is 12.6. The minimum atomic E-state index is -0.0958. The van der Waals surface area contributed by atoms with Gasteiger partial charge in [0.05, 0.1) is 38.4 Å². The van der Waals surface area contributed by atoms with Gasteiger partial charge < -0.3 is 22.4 Å². The first-order valence-corrected chi connectivity index (χ1v) is 26.5. The summed E-state index contributed by atoms with van der Waals surface area (Å²) < 4.78 is 24.9. The molecule has 5 heterocycles.